The highest BCUT2D eigenvalue weighted by atomic mass is 28.4. The molecule has 0 aromatic carbocycles. The third-order valence-corrected chi connectivity index (χ3v) is 6.74. The van der Waals surface area contributed by atoms with E-state index in [1.807, 2.05) is 27.7 Å². The summed E-state index contributed by atoms with van der Waals surface area (Å²) >= 11 is 0. The second-order valence-electron chi connectivity index (χ2n) is 7.23. The fourth-order valence-electron chi connectivity index (χ4n) is 2.80. The van der Waals surface area contributed by atoms with Crippen LogP contribution in [0.1, 0.15) is 47.0 Å². The standard InChI is InChI=1S/C19H40N2O7Si/c1-7-26-19(4,27-8-2)12-10-13-20-17(22)24-16-25-18(23)21-14-11-15-29(5,6)28-9-3/h7-16H2,1-6H3,(H,20,22)(H,21,23). The third kappa shape index (κ3) is 15.2. The largest absolute Gasteiger partial charge is 0.418 e. The summed E-state index contributed by atoms with van der Waals surface area (Å²) in [6, 6.07) is 0.950. The van der Waals surface area contributed by atoms with Gasteiger partial charge in [-0.3, -0.25) is 0 Å². The SMILES string of the molecule is CCOC(C)(CCCNC(=O)OCOC(=O)NCCC[Si](C)(C)OCC)OCC. The number of nitrogens with one attached hydrogen (secondary N) is 2. The van der Waals surface area contributed by atoms with Crippen LogP contribution >= 0.6 is 0 Å². The Labute approximate surface area is 176 Å². The van der Waals surface area contributed by atoms with E-state index in [0.29, 0.717) is 45.8 Å². The van der Waals surface area contributed by atoms with E-state index in [-0.39, 0.29) is 0 Å². The molecule has 0 radical (unpaired) electrons. The Morgan fingerprint density at radius 2 is 1.38 bits per heavy atom. The molecule has 0 aliphatic rings. The molecule has 0 atom stereocenters. The van der Waals surface area contributed by atoms with Crippen molar-refractivity contribution in [3.05, 3.63) is 0 Å². The van der Waals surface area contributed by atoms with Crippen LogP contribution in [0.15, 0.2) is 0 Å². The van der Waals surface area contributed by atoms with Crippen molar-refractivity contribution in [3.63, 3.8) is 0 Å². The van der Waals surface area contributed by atoms with Gasteiger partial charge in [0.25, 0.3) is 0 Å². The summed E-state index contributed by atoms with van der Waals surface area (Å²) in [6.45, 7) is 14.3. The summed E-state index contributed by atoms with van der Waals surface area (Å²) in [6.07, 6.45) is 0.859. The van der Waals surface area contributed by atoms with Crippen LogP contribution in [0.3, 0.4) is 0 Å². The first-order valence-corrected chi connectivity index (χ1v) is 13.5. The quantitative estimate of drug-likeness (QED) is 0.216. The minimum Gasteiger partial charge on any atom is -0.418 e. The lowest BCUT2D eigenvalue weighted by Crippen LogP contribution is -2.35. The van der Waals surface area contributed by atoms with Crippen LogP contribution in [-0.4, -0.2) is 66.0 Å². The van der Waals surface area contributed by atoms with Crippen LogP contribution in [0, 0.1) is 0 Å². The molecular formula is C19H40N2O7Si. The Morgan fingerprint density at radius 3 is 1.86 bits per heavy atom. The van der Waals surface area contributed by atoms with E-state index < -0.39 is 33.1 Å². The van der Waals surface area contributed by atoms with E-state index in [1.165, 1.54) is 0 Å². The highest BCUT2D eigenvalue weighted by Gasteiger charge is 2.24. The molecule has 0 aromatic heterocycles. The van der Waals surface area contributed by atoms with Gasteiger partial charge in [0.05, 0.1) is 0 Å². The van der Waals surface area contributed by atoms with Crippen LogP contribution in [0.25, 0.3) is 0 Å². The van der Waals surface area contributed by atoms with Crippen molar-refractivity contribution in [3.8, 4) is 0 Å². The molecule has 2 amide bonds. The van der Waals surface area contributed by atoms with Crippen LogP contribution in [-0.2, 0) is 23.4 Å². The molecule has 0 rings (SSSR count). The van der Waals surface area contributed by atoms with Gasteiger partial charge >= 0.3 is 12.2 Å². The van der Waals surface area contributed by atoms with Gasteiger partial charge in [-0.1, -0.05) is 0 Å². The van der Waals surface area contributed by atoms with Crippen LogP contribution < -0.4 is 10.6 Å². The van der Waals surface area contributed by atoms with Crippen molar-refractivity contribution in [1.29, 1.82) is 0 Å². The lowest BCUT2D eigenvalue weighted by molar-refractivity contribution is -0.224. The van der Waals surface area contributed by atoms with Gasteiger partial charge in [-0.25, -0.2) is 9.59 Å². The molecule has 10 heteroatoms. The van der Waals surface area contributed by atoms with E-state index in [1.54, 1.807) is 0 Å². The molecule has 9 nitrogen and oxygen atoms in total. The number of carbonyl (C=O) groups is 2. The number of alkyl carbamates (subject to hydrolysis) is 2. The average Bonchev–Trinajstić information content (AvgIpc) is 2.63. The van der Waals surface area contributed by atoms with Gasteiger partial charge < -0.3 is 34.0 Å². The first-order valence-electron chi connectivity index (χ1n) is 10.4. The summed E-state index contributed by atoms with van der Waals surface area (Å²) in [5, 5.41) is 5.23. The summed E-state index contributed by atoms with van der Waals surface area (Å²) < 4.78 is 26.6. The van der Waals surface area contributed by atoms with Crippen molar-refractivity contribution in [1.82, 2.24) is 10.6 Å². The van der Waals surface area contributed by atoms with Gasteiger partial charge in [0, 0.05) is 39.3 Å². The zero-order valence-electron chi connectivity index (χ0n) is 18.9. The van der Waals surface area contributed by atoms with Gasteiger partial charge in [-0.15, -0.1) is 0 Å². The number of carbonyl (C=O) groups excluding carboxylic acids is 2. The van der Waals surface area contributed by atoms with E-state index in [0.717, 1.165) is 12.5 Å². The molecule has 0 heterocycles. The molecular weight excluding hydrogens is 396 g/mol. The number of amides is 2. The van der Waals surface area contributed by atoms with Gasteiger partial charge in [0.2, 0.25) is 6.79 Å². The maximum absolute atomic E-state index is 11.6. The summed E-state index contributed by atoms with van der Waals surface area (Å²) in [7, 11) is -1.64. The third-order valence-electron chi connectivity index (χ3n) is 4.12. The number of ether oxygens (including phenoxy) is 4. The molecule has 0 unspecified atom stereocenters. The predicted octanol–water partition coefficient (Wildman–Crippen LogP) is 3.60. The average molecular weight is 437 g/mol. The topological polar surface area (TPSA) is 104 Å². The van der Waals surface area contributed by atoms with Crippen molar-refractivity contribution < 1.29 is 33.0 Å². The first-order chi connectivity index (χ1) is 13.7. The molecule has 0 saturated carbocycles. The molecule has 0 aromatic rings. The van der Waals surface area contributed by atoms with Crippen molar-refractivity contribution in [2.24, 2.45) is 0 Å². The minimum atomic E-state index is -1.64. The van der Waals surface area contributed by atoms with Crippen LogP contribution in [0.4, 0.5) is 9.59 Å². The Kier molecular flexibility index (Phi) is 14.7. The maximum Gasteiger partial charge on any atom is 0.410 e. The van der Waals surface area contributed by atoms with Crippen LogP contribution in [0.2, 0.25) is 19.1 Å². The summed E-state index contributed by atoms with van der Waals surface area (Å²) in [5.41, 5.74) is 0. The normalized spacial score (nSPS) is 11.8. The molecule has 0 spiro atoms. The van der Waals surface area contributed by atoms with E-state index in [4.69, 9.17) is 23.4 Å². The first kappa shape index (κ1) is 27.6. The lowest BCUT2D eigenvalue weighted by atomic mass is 10.1. The Hall–Kier alpha value is -1.36. The second-order valence-corrected chi connectivity index (χ2v) is 11.5. The molecule has 0 saturated heterocycles. The fraction of sp³-hybridized carbons (Fsp3) is 0.895. The number of hydrogen-bond donors (Lipinski definition) is 2. The second kappa shape index (κ2) is 15.5. The monoisotopic (exact) mass is 436 g/mol. The molecule has 0 bridgehead atoms. The number of rotatable bonds is 16. The maximum atomic E-state index is 11.6. The molecule has 2 N–H and O–H groups in total. The van der Waals surface area contributed by atoms with Crippen LogP contribution in [0.5, 0.6) is 0 Å². The van der Waals surface area contributed by atoms with Crippen molar-refractivity contribution in [2.45, 2.75) is 71.9 Å². The highest BCUT2D eigenvalue weighted by Crippen LogP contribution is 2.19. The zero-order valence-corrected chi connectivity index (χ0v) is 19.9. The zero-order chi connectivity index (χ0) is 22.2. The minimum absolute atomic E-state index is 0.403. The molecule has 172 valence electrons. The highest BCUT2D eigenvalue weighted by molar-refractivity contribution is 6.71. The Balaban J connectivity index is 3.79. The van der Waals surface area contributed by atoms with Gasteiger partial charge in [-0.05, 0) is 59.7 Å². The van der Waals surface area contributed by atoms with Gasteiger partial charge in [-0.2, -0.15) is 0 Å². The van der Waals surface area contributed by atoms with Crippen molar-refractivity contribution in [2.75, 3.05) is 39.7 Å². The smallest absolute Gasteiger partial charge is 0.410 e. The molecule has 0 fully saturated rings. The summed E-state index contributed by atoms with van der Waals surface area (Å²) in [5.74, 6) is -0.656. The summed E-state index contributed by atoms with van der Waals surface area (Å²) in [4.78, 5) is 23.2. The van der Waals surface area contributed by atoms with Gasteiger partial charge in [0.1, 0.15) is 0 Å². The Morgan fingerprint density at radius 1 is 0.862 bits per heavy atom. The van der Waals surface area contributed by atoms with E-state index in [9.17, 15) is 9.59 Å². The molecule has 29 heavy (non-hydrogen) atoms. The van der Waals surface area contributed by atoms with E-state index in [2.05, 4.69) is 23.7 Å². The molecule has 0 aliphatic carbocycles. The predicted molar refractivity (Wildman–Crippen MR) is 113 cm³/mol. The Bertz CT molecular complexity index is 458. The van der Waals surface area contributed by atoms with Gasteiger partial charge in [0.15, 0.2) is 14.1 Å². The number of hydrogen-bond acceptors (Lipinski definition) is 7. The molecule has 0 aliphatic heterocycles. The lowest BCUT2D eigenvalue weighted by Gasteiger charge is -2.29. The van der Waals surface area contributed by atoms with Crippen molar-refractivity contribution >= 4 is 20.5 Å². The van der Waals surface area contributed by atoms with E-state index >= 15 is 0 Å². The fourth-order valence-corrected chi connectivity index (χ4v) is 4.76.